The highest BCUT2D eigenvalue weighted by Crippen LogP contribution is 2.10. The summed E-state index contributed by atoms with van der Waals surface area (Å²) in [6.45, 7) is 0.865. The van der Waals surface area contributed by atoms with Crippen LogP contribution in [0.25, 0.3) is 11.0 Å². The fourth-order valence-electron chi connectivity index (χ4n) is 1.36. The van der Waals surface area contributed by atoms with E-state index in [1.165, 1.54) is 0 Å². The molecule has 0 spiro atoms. The molecule has 4 heteroatoms. The minimum atomic E-state index is 0.680. The lowest BCUT2D eigenvalue weighted by Crippen LogP contribution is -2.15. The Kier molecular flexibility index (Phi) is 2.89. The Hall–Kier alpha value is -1.22. The van der Waals surface area contributed by atoms with Crippen LogP contribution < -0.4 is 5.43 Å². The van der Waals surface area contributed by atoms with Gasteiger partial charge in [-0.05, 0) is 24.6 Å². The molecular weight excluding hydrogens is 198 g/mol. The zero-order chi connectivity index (χ0) is 9.80. The van der Waals surface area contributed by atoms with Crippen molar-refractivity contribution >= 4 is 22.6 Å². The van der Waals surface area contributed by atoms with Crippen LogP contribution in [0.3, 0.4) is 0 Å². The molecule has 0 aromatic carbocycles. The Balaban J connectivity index is 2.17. The number of hydrogen-bond acceptors (Lipinski definition) is 2. The summed E-state index contributed by atoms with van der Waals surface area (Å²) >= 11 is 5.60. The van der Waals surface area contributed by atoms with Gasteiger partial charge in [0.15, 0.2) is 5.65 Å². The van der Waals surface area contributed by atoms with Crippen LogP contribution in [-0.4, -0.2) is 22.1 Å². The molecule has 0 atom stereocenters. The number of rotatable bonds is 4. The van der Waals surface area contributed by atoms with Gasteiger partial charge in [0.05, 0.1) is 0 Å². The van der Waals surface area contributed by atoms with Crippen LogP contribution in [-0.2, 0) is 0 Å². The summed E-state index contributed by atoms with van der Waals surface area (Å²) in [5.41, 5.74) is 4.20. The van der Waals surface area contributed by atoms with Gasteiger partial charge in [0, 0.05) is 30.2 Å². The quantitative estimate of drug-likeness (QED) is 0.618. The van der Waals surface area contributed by atoms with Gasteiger partial charge in [-0.15, -0.1) is 11.6 Å². The van der Waals surface area contributed by atoms with E-state index in [0.717, 1.165) is 24.0 Å². The molecule has 0 unspecified atom stereocenters. The maximum Gasteiger partial charge on any atom is 0.158 e. The zero-order valence-corrected chi connectivity index (χ0v) is 8.54. The molecule has 0 saturated carbocycles. The maximum absolute atomic E-state index is 5.60. The van der Waals surface area contributed by atoms with Crippen molar-refractivity contribution in [2.45, 2.75) is 6.42 Å². The fraction of sp³-hybridized carbons (Fsp3) is 0.300. The first kappa shape index (κ1) is 9.34. The van der Waals surface area contributed by atoms with Crippen molar-refractivity contribution in [3.05, 3.63) is 30.6 Å². The molecule has 14 heavy (non-hydrogen) atoms. The third kappa shape index (κ3) is 1.82. The lowest BCUT2D eigenvalue weighted by Gasteiger charge is -2.06. The van der Waals surface area contributed by atoms with Crippen LogP contribution in [0.5, 0.6) is 0 Å². The van der Waals surface area contributed by atoms with Crippen LogP contribution in [0, 0.1) is 0 Å². The maximum atomic E-state index is 5.60. The Bertz CT molecular complexity index is 410. The Morgan fingerprint density at radius 2 is 2.36 bits per heavy atom. The Labute approximate surface area is 87.7 Å². The molecule has 2 rings (SSSR count). The second-order valence-corrected chi connectivity index (χ2v) is 3.43. The second kappa shape index (κ2) is 4.33. The van der Waals surface area contributed by atoms with Crippen molar-refractivity contribution in [3.8, 4) is 0 Å². The molecule has 2 heterocycles. The molecule has 0 aliphatic heterocycles. The highest BCUT2D eigenvalue weighted by atomic mass is 35.5. The first-order valence-electron chi connectivity index (χ1n) is 4.64. The van der Waals surface area contributed by atoms with Crippen molar-refractivity contribution in [2.75, 3.05) is 17.9 Å². The number of alkyl halides is 1. The predicted molar refractivity (Wildman–Crippen MR) is 59.3 cm³/mol. The van der Waals surface area contributed by atoms with Crippen LogP contribution >= 0.6 is 11.6 Å². The smallest absolute Gasteiger partial charge is 0.158 e. The van der Waals surface area contributed by atoms with Crippen LogP contribution in [0.4, 0.5) is 0 Å². The van der Waals surface area contributed by atoms with Gasteiger partial charge in [-0.1, -0.05) is 0 Å². The van der Waals surface area contributed by atoms with E-state index in [1.807, 2.05) is 29.1 Å². The summed E-state index contributed by atoms with van der Waals surface area (Å²) in [6, 6.07) is 6.02. The molecule has 2 aromatic rings. The van der Waals surface area contributed by atoms with Gasteiger partial charge in [0.25, 0.3) is 0 Å². The van der Waals surface area contributed by atoms with Crippen molar-refractivity contribution in [2.24, 2.45) is 0 Å². The average Bonchev–Trinajstić information content (AvgIpc) is 2.63. The Morgan fingerprint density at radius 1 is 1.43 bits per heavy atom. The molecule has 0 bridgehead atoms. The van der Waals surface area contributed by atoms with E-state index in [4.69, 9.17) is 11.6 Å². The summed E-state index contributed by atoms with van der Waals surface area (Å²) < 4.78 is 1.93. The first-order valence-corrected chi connectivity index (χ1v) is 5.17. The number of fused-ring (bicyclic) bond motifs is 1. The van der Waals surface area contributed by atoms with Crippen LogP contribution in [0.1, 0.15) is 6.42 Å². The highest BCUT2D eigenvalue weighted by Gasteiger charge is 1.98. The summed E-state index contributed by atoms with van der Waals surface area (Å²) in [5, 5.41) is 1.14. The van der Waals surface area contributed by atoms with E-state index in [0.29, 0.717) is 5.88 Å². The molecule has 2 aromatic heterocycles. The Morgan fingerprint density at radius 3 is 3.21 bits per heavy atom. The van der Waals surface area contributed by atoms with Gasteiger partial charge >= 0.3 is 0 Å². The predicted octanol–water partition coefficient (Wildman–Crippen LogP) is 2.21. The van der Waals surface area contributed by atoms with E-state index >= 15 is 0 Å². The molecule has 3 nitrogen and oxygen atoms in total. The first-order chi connectivity index (χ1) is 6.92. The summed E-state index contributed by atoms with van der Waals surface area (Å²) in [7, 11) is 0. The SMILES string of the molecule is ClCCCNn1ccc2cccnc21. The molecule has 0 aliphatic carbocycles. The van der Waals surface area contributed by atoms with Gasteiger partial charge in [0.1, 0.15) is 0 Å². The topological polar surface area (TPSA) is 29.9 Å². The standard InChI is InChI=1S/C10H12ClN3/c11-5-2-7-13-14-8-4-9-3-1-6-12-10(9)14/h1,3-4,6,8,13H,2,5,7H2. The summed E-state index contributed by atoms with van der Waals surface area (Å²) in [4.78, 5) is 4.29. The normalized spacial score (nSPS) is 10.6. The van der Waals surface area contributed by atoms with Crippen LogP contribution in [0.15, 0.2) is 30.6 Å². The lowest BCUT2D eigenvalue weighted by atomic mass is 10.3. The van der Waals surface area contributed by atoms with Crippen molar-refractivity contribution < 1.29 is 0 Å². The third-order valence-electron chi connectivity index (χ3n) is 2.04. The third-order valence-corrected chi connectivity index (χ3v) is 2.31. The summed E-state index contributed by atoms with van der Waals surface area (Å²) in [6.07, 6.45) is 4.72. The molecular formula is C10H12ClN3. The molecule has 74 valence electrons. The molecule has 0 radical (unpaired) electrons. The second-order valence-electron chi connectivity index (χ2n) is 3.05. The fourth-order valence-corrected chi connectivity index (χ4v) is 1.49. The number of aromatic nitrogens is 2. The molecule has 0 amide bonds. The van der Waals surface area contributed by atoms with Gasteiger partial charge in [-0.3, -0.25) is 0 Å². The molecule has 0 saturated heterocycles. The van der Waals surface area contributed by atoms with Gasteiger partial charge in [0.2, 0.25) is 0 Å². The molecule has 1 N–H and O–H groups in total. The van der Waals surface area contributed by atoms with E-state index in [1.54, 1.807) is 6.20 Å². The van der Waals surface area contributed by atoms with Gasteiger partial charge in [-0.2, -0.15) is 0 Å². The van der Waals surface area contributed by atoms with Gasteiger partial charge in [-0.25, -0.2) is 9.66 Å². The van der Waals surface area contributed by atoms with E-state index < -0.39 is 0 Å². The molecule has 0 aliphatic rings. The number of hydrogen-bond donors (Lipinski definition) is 1. The van der Waals surface area contributed by atoms with E-state index in [-0.39, 0.29) is 0 Å². The number of nitrogens with zero attached hydrogens (tertiary/aromatic N) is 2. The monoisotopic (exact) mass is 209 g/mol. The highest BCUT2D eigenvalue weighted by molar-refractivity contribution is 6.17. The largest absolute Gasteiger partial charge is 0.324 e. The molecule has 0 fully saturated rings. The summed E-state index contributed by atoms with van der Waals surface area (Å²) in [5.74, 6) is 0.680. The van der Waals surface area contributed by atoms with Crippen molar-refractivity contribution in [3.63, 3.8) is 0 Å². The van der Waals surface area contributed by atoms with Crippen LogP contribution in [0.2, 0.25) is 0 Å². The van der Waals surface area contributed by atoms with Gasteiger partial charge < -0.3 is 5.43 Å². The van der Waals surface area contributed by atoms with Crippen molar-refractivity contribution in [1.82, 2.24) is 9.66 Å². The van der Waals surface area contributed by atoms with E-state index in [9.17, 15) is 0 Å². The lowest BCUT2D eigenvalue weighted by molar-refractivity contribution is 0.828. The minimum Gasteiger partial charge on any atom is -0.324 e. The van der Waals surface area contributed by atoms with Crippen molar-refractivity contribution in [1.29, 1.82) is 0 Å². The number of halogens is 1. The zero-order valence-electron chi connectivity index (χ0n) is 7.78. The van der Waals surface area contributed by atoms with E-state index in [2.05, 4.69) is 10.4 Å². The minimum absolute atomic E-state index is 0.680. The average molecular weight is 210 g/mol. The number of nitrogens with one attached hydrogen (secondary N) is 1. The number of pyridine rings is 1.